The Morgan fingerprint density at radius 1 is 1.00 bits per heavy atom. The van der Waals surface area contributed by atoms with Gasteiger partial charge in [-0.3, -0.25) is 0 Å². The van der Waals surface area contributed by atoms with Crippen LogP contribution in [0.2, 0.25) is 0 Å². The lowest BCUT2D eigenvalue weighted by atomic mass is 10.2. The Labute approximate surface area is 70.0 Å². The summed E-state index contributed by atoms with van der Waals surface area (Å²) in [5.41, 5.74) is 0. The molecule has 0 saturated heterocycles. The number of hydrogen-bond acceptors (Lipinski definition) is 2. The molecule has 0 aromatic rings. The minimum atomic E-state index is 0.350. The second kappa shape index (κ2) is 9.92. The van der Waals surface area contributed by atoms with Crippen molar-refractivity contribution in [2.75, 3.05) is 19.7 Å². The van der Waals surface area contributed by atoms with Crippen LogP contribution in [0, 0.1) is 0 Å². The standard InChI is InChI=1S/C9H21NO/c1-2-7-10-8-5-3-4-6-9-11/h10-11H,2-9H2,1H3. The van der Waals surface area contributed by atoms with Gasteiger partial charge in [0.1, 0.15) is 0 Å². The minimum absolute atomic E-state index is 0.350. The van der Waals surface area contributed by atoms with Crippen molar-refractivity contribution >= 4 is 0 Å². The monoisotopic (exact) mass is 159 g/mol. The van der Waals surface area contributed by atoms with Crippen molar-refractivity contribution in [1.82, 2.24) is 5.32 Å². The molecule has 2 heteroatoms. The fourth-order valence-corrected chi connectivity index (χ4v) is 1.02. The minimum Gasteiger partial charge on any atom is -0.396 e. The molecule has 0 aromatic carbocycles. The average Bonchev–Trinajstić information content (AvgIpc) is 2.03. The van der Waals surface area contributed by atoms with Gasteiger partial charge in [-0.1, -0.05) is 19.8 Å². The zero-order valence-corrected chi connectivity index (χ0v) is 7.60. The average molecular weight is 159 g/mol. The molecule has 2 N–H and O–H groups in total. The van der Waals surface area contributed by atoms with Crippen molar-refractivity contribution in [3.05, 3.63) is 0 Å². The number of nitrogens with one attached hydrogen (secondary N) is 1. The predicted molar refractivity (Wildman–Crippen MR) is 48.7 cm³/mol. The summed E-state index contributed by atoms with van der Waals surface area (Å²) < 4.78 is 0. The smallest absolute Gasteiger partial charge is 0.0431 e. The number of hydrogen-bond donors (Lipinski definition) is 2. The van der Waals surface area contributed by atoms with E-state index in [9.17, 15) is 0 Å². The largest absolute Gasteiger partial charge is 0.396 e. The maximum atomic E-state index is 8.49. The lowest BCUT2D eigenvalue weighted by molar-refractivity contribution is 0.282. The number of aliphatic hydroxyl groups excluding tert-OH is 1. The van der Waals surface area contributed by atoms with Crippen LogP contribution in [0.4, 0.5) is 0 Å². The molecule has 0 fully saturated rings. The van der Waals surface area contributed by atoms with E-state index in [1.54, 1.807) is 0 Å². The second-order valence-corrected chi connectivity index (χ2v) is 2.89. The van der Waals surface area contributed by atoms with Crippen LogP contribution in [-0.4, -0.2) is 24.8 Å². The van der Waals surface area contributed by atoms with Gasteiger partial charge in [0, 0.05) is 6.61 Å². The van der Waals surface area contributed by atoms with Crippen LogP contribution in [0.15, 0.2) is 0 Å². The van der Waals surface area contributed by atoms with Crippen molar-refractivity contribution in [1.29, 1.82) is 0 Å². The molecular formula is C9H21NO. The van der Waals surface area contributed by atoms with Crippen LogP contribution in [0.3, 0.4) is 0 Å². The molecular weight excluding hydrogens is 138 g/mol. The van der Waals surface area contributed by atoms with Gasteiger partial charge in [0.15, 0.2) is 0 Å². The molecule has 2 nitrogen and oxygen atoms in total. The molecule has 0 atom stereocenters. The summed E-state index contributed by atoms with van der Waals surface area (Å²) >= 11 is 0. The third-order valence-electron chi connectivity index (χ3n) is 1.69. The Kier molecular flexibility index (Phi) is 9.85. The van der Waals surface area contributed by atoms with E-state index in [-0.39, 0.29) is 0 Å². The van der Waals surface area contributed by atoms with E-state index in [1.807, 2.05) is 0 Å². The second-order valence-electron chi connectivity index (χ2n) is 2.89. The van der Waals surface area contributed by atoms with Crippen molar-refractivity contribution in [3.63, 3.8) is 0 Å². The molecule has 0 amide bonds. The lowest BCUT2D eigenvalue weighted by Crippen LogP contribution is -2.15. The molecule has 0 radical (unpaired) electrons. The zero-order chi connectivity index (χ0) is 8.36. The van der Waals surface area contributed by atoms with E-state index in [4.69, 9.17) is 5.11 Å². The fraction of sp³-hybridized carbons (Fsp3) is 1.00. The third-order valence-corrected chi connectivity index (χ3v) is 1.69. The first kappa shape index (κ1) is 10.9. The normalized spacial score (nSPS) is 10.4. The molecule has 0 aliphatic heterocycles. The molecule has 0 rings (SSSR count). The number of aliphatic hydroxyl groups is 1. The van der Waals surface area contributed by atoms with Gasteiger partial charge in [-0.15, -0.1) is 0 Å². The molecule has 0 bridgehead atoms. The van der Waals surface area contributed by atoms with Gasteiger partial charge in [-0.25, -0.2) is 0 Å². The summed E-state index contributed by atoms with van der Waals surface area (Å²) in [6, 6.07) is 0. The van der Waals surface area contributed by atoms with Gasteiger partial charge >= 0.3 is 0 Å². The van der Waals surface area contributed by atoms with Crippen molar-refractivity contribution in [2.24, 2.45) is 0 Å². The first-order chi connectivity index (χ1) is 5.41. The van der Waals surface area contributed by atoms with Crippen LogP contribution >= 0.6 is 0 Å². The molecule has 0 spiro atoms. The van der Waals surface area contributed by atoms with E-state index in [0.717, 1.165) is 19.5 Å². The van der Waals surface area contributed by atoms with Gasteiger partial charge in [0.2, 0.25) is 0 Å². The molecule has 0 aliphatic rings. The lowest BCUT2D eigenvalue weighted by Gasteiger charge is -2.01. The highest BCUT2D eigenvalue weighted by molar-refractivity contribution is 4.47. The fourth-order valence-electron chi connectivity index (χ4n) is 1.02. The van der Waals surface area contributed by atoms with Crippen molar-refractivity contribution < 1.29 is 5.11 Å². The van der Waals surface area contributed by atoms with Crippen molar-refractivity contribution in [3.8, 4) is 0 Å². The molecule has 0 aromatic heterocycles. The first-order valence-electron chi connectivity index (χ1n) is 4.73. The summed E-state index contributed by atoms with van der Waals surface area (Å²) in [6.45, 7) is 4.81. The molecule has 0 aliphatic carbocycles. The zero-order valence-electron chi connectivity index (χ0n) is 7.60. The number of unbranched alkanes of at least 4 members (excludes halogenated alkanes) is 3. The summed E-state index contributed by atoms with van der Waals surface area (Å²) in [6.07, 6.45) is 5.85. The topological polar surface area (TPSA) is 32.3 Å². The van der Waals surface area contributed by atoms with Crippen molar-refractivity contribution in [2.45, 2.75) is 39.0 Å². The summed E-state index contributed by atoms with van der Waals surface area (Å²) in [7, 11) is 0. The van der Waals surface area contributed by atoms with E-state index in [0.29, 0.717) is 6.61 Å². The Morgan fingerprint density at radius 2 is 1.73 bits per heavy atom. The van der Waals surface area contributed by atoms with E-state index < -0.39 is 0 Å². The van der Waals surface area contributed by atoms with Crippen LogP contribution in [-0.2, 0) is 0 Å². The van der Waals surface area contributed by atoms with Gasteiger partial charge in [0.05, 0.1) is 0 Å². The van der Waals surface area contributed by atoms with Crippen LogP contribution in [0.5, 0.6) is 0 Å². The maximum absolute atomic E-state index is 8.49. The SMILES string of the molecule is CCCNCCCCCCO. The molecule has 68 valence electrons. The maximum Gasteiger partial charge on any atom is 0.0431 e. The Bertz CT molecular complexity index is 58.6. The van der Waals surface area contributed by atoms with Gasteiger partial charge in [0.25, 0.3) is 0 Å². The van der Waals surface area contributed by atoms with Gasteiger partial charge in [-0.05, 0) is 32.4 Å². The van der Waals surface area contributed by atoms with E-state index in [2.05, 4.69) is 12.2 Å². The number of rotatable bonds is 8. The first-order valence-corrected chi connectivity index (χ1v) is 4.73. The van der Waals surface area contributed by atoms with E-state index in [1.165, 1.54) is 25.7 Å². The Morgan fingerprint density at radius 3 is 2.36 bits per heavy atom. The predicted octanol–water partition coefficient (Wildman–Crippen LogP) is 1.54. The highest BCUT2D eigenvalue weighted by Crippen LogP contribution is 1.97. The molecule has 0 heterocycles. The van der Waals surface area contributed by atoms with Crippen LogP contribution < -0.4 is 5.32 Å². The molecule has 0 saturated carbocycles. The highest BCUT2D eigenvalue weighted by Gasteiger charge is 1.88. The summed E-state index contributed by atoms with van der Waals surface area (Å²) in [4.78, 5) is 0. The van der Waals surface area contributed by atoms with Gasteiger partial charge < -0.3 is 10.4 Å². The summed E-state index contributed by atoms with van der Waals surface area (Å²) in [5.74, 6) is 0. The van der Waals surface area contributed by atoms with Crippen LogP contribution in [0.1, 0.15) is 39.0 Å². The quantitative estimate of drug-likeness (QED) is 0.526. The highest BCUT2D eigenvalue weighted by atomic mass is 16.2. The Balaban J connectivity index is 2.69. The van der Waals surface area contributed by atoms with E-state index >= 15 is 0 Å². The van der Waals surface area contributed by atoms with Crippen LogP contribution in [0.25, 0.3) is 0 Å². The molecule has 11 heavy (non-hydrogen) atoms. The molecule has 0 unspecified atom stereocenters. The third kappa shape index (κ3) is 9.92. The Hall–Kier alpha value is -0.0800. The summed E-state index contributed by atoms with van der Waals surface area (Å²) in [5, 5.41) is 11.8. The van der Waals surface area contributed by atoms with Gasteiger partial charge in [-0.2, -0.15) is 0 Å².